The van der Waals surface area contributed by atoms with Gasteiger partial charge >= 0.3 is 6.09 Å². The van der Waals surface area contributed by atoms with Crippen LogP contribution in [0.15, 0.2) is 48.7 Å². The van der Waals surface area contributed by atoms with Gasteiger partial charge in [-0.3, -0.25) is 0 Å². The van der Waals surface area contributed by atoms with Gasteiger partial charge in [-0.1, -0.05) is 36.4 Å². The predicted octanol–water partition coefficient (Wildman–Crippen LogP) is 3.14. The van der Waals surface area contributed by atoms with Crippen molar-refractivity contribution in [3.05, 3.63) is 59.8 Å². The first-order valence-corrected chi connectivity index (χ1v) is 7.43. The molecule has 1 aromatic heterocycles. The summed E-state index contributed by atoms with van der Waals surface area (Å²) in [6.07, 6.45) is 3.19. The molecular formula is C17H19N3O2. The molecule has 5 nitrogen and oxygen atoms in total. The van der Waals surface area contributed by atoms with E-state index in [1.54, 1.807) is 11.1 Å². The molecule has 1 amide bonds. The molecule has 1 aliphatic heterocycles. The van der Waals surface area contributed by atoms with Crippen LogP contribution in [0.2, 0.25) is 0 Å². The summed E-state index contributed by atoms with van der Waals surface area (Å²) in [6.45, 7) is 0.970. The standard InChI is InChI=1S/C17H19N3O2/c18-16-14(8-4-10-19-16)15-9-5-11-20(15)17(21)22-12-13-6-2-1-3-7-13/h1-4,6-8,10,15H,5,9,11-12H2,(H2,18,19)/t15-/m1/s1. The van der Waals surface area contributed by atoms with Crippen molar-refractivity contribution < 1.29 is 9.53 Å². The highest BCUT2D eigenvalue weighted by Gasteiger charge is 2.32. The second-order valence-corrected chi connectivity index (χ2v) is 5.37. The zero-order valence-corrected chi connectivity index (χ0v) is 12.3. The molecule has 0 spiro atoms. The Morgan fingerprint density at radius 2 is 2.09 bits per heavy atom. The van der Waals surface area contributed by atoms with Crippen molar-refractivity contribution in [3.63, 3.8) is 0 Å². The zero-order chi connectivity index (χ0) is 15.4. The van der Waals surface area contributed by atoms with Crippen molar-refractivity contribution in [2.45, 2.75) is 25.5 Å². The highest BCUT2D eigenvalue weighted by atomic mass is 16.6. The number of carbonyl (C=O) groups excluding carboxylic acids is 1. The average Bonchev–Trinajstić information content (AvgIpc) is 3.03. The van der Waals surface area contributed by atoms with Crippen LogP contribution in [0.5, 0.6) is 0 Å². The Balaban J connectivity index is 1.68. The topological polar surface area (TPSA) is 68.5 Å². The summed E-state index contributed by atoms with van der Waals surface area (Å²) in [5, 5.41) is 0. The summed E-state index contributed by atoms with van der Waals surface area (Å²) in [5.41, 5.74) is 7.82. The van der Waals surface area contributed by atoms with Gasteiger partial charge in [0.1, 0.15) is 12.4 Å². The van der Waals surface area contributed by atoms with Crippen molar-refractivity contribution in [2.75, 3.05) is 12.3 Å². The van der Waals surface area contributed by atoms with Gasteiger partial charge in [-0.25, -0.2) is 9.78 Å². The van der Waals surface area contributed by atoms with Crippen molar-refractivity contribution in [1.82, 2.24) is 9.88 Å². The molecular weight excluding hydrogens is 278 g/mol. The van der Waals surface area contributed by atoms with Crippen molar-refractivity contribution in [1.29, 1.82) is 0 Å². The van der Waals surface area contributed by atoms with Crippen LogP contribution in [0.25, 0.3) is 0 Å². The molecule has 1 saturated heterocycles. The van der Waals surface area contributed by atoms with E-state index < -0.39 is 0 Å². The quantitative estimate of drug-likeness (QED) is 0.945. The Morgan fingerprint density at radius 1 is 1.27 bits per heavy atom. The average molecular weight is 297 g/mol. The molecule has 3 rings (SSSR count). The number of anilines is 1. The molecule has 2 aromatic rings. The molecule has 0 radical (unpaired) electrons. The normalized spacial score (nSPS) is 17.5. The van der Waals surface area contributed by atoms with Gasteiger partial charge in [-0.2, -0.15) is 0 Å². The van der Waals surface area contributed by atoms with Crippen LogP contribution in [0.1, 0.15) is 30.0 Å². The molecule has 0 saturated carbocycles. The molecule has 2 heterocycles. The SMILES string of the molecule is Nc1ncccc1[C@H]1CCCN1C(=O)OCc1ccccc1. The van der Waals surface area contributed by atoms with Crippen molar-refractivity contribution in [2.24, 2.45) is 0 Å². The van der Waals surface area contributed by atoms with E-state index in [4.69, 9.17) is 10.5 Å². The number of pyridine rings is 1. The molecule has 1 aromatic carbocycles. The van der Waals surface area contributed by atoms with Crippen LogP contribution in [-0.4, -0.2) is 22.5 Å². The lowest BCUT2D eigenvalue weighted by atomic mass is 10.1. The third kappa shape index (κ3) is 3.03. The van der Waals surface area contributed by atoms with Gasteiger partial charge in [0.15, 0.2) is 0 Å². The highest BCUT2D eigenvalue weighted by molar-refractivity contribution is 5.69. The van der Waals surface area contributed by atoms with Crippen LogP contribution < -0.4 is 5.73 Å². The number of likely N-dealkylation sites (tertiary alicyclic amines) is 1. The molecule has 5 heteroatoms. The summed E-state index contributed by atoms with van der Waals surface area (Å²) in [4.78, 5) is 18.2. The summed E-state index contributed by atoms with van der Waals surface area (Å²) in [7, 11) is 0. The molecule has 0 aliphatic carbocycles. The summed E-state index contributed by atoms with van der Waals surface area (Å²) >= 11 is 0. The first kappa shape index (κ1) is 14.4. The van der Waals surface area contributed by atoms with Gasteiger partial charge in [0.2, 0.25) is 0 Å². The van der Waals surface area contributed by atoms with E-state index in [1.807, 2.05) is 42.5 Å². The van der Waals surface area contributed by atoms with Gasteiger partial charge in [0.05, 0.1) is 6.04 Å². The van der Waals surface area contributed by atoms with Gasteiger partial charge < -0.3 is 15.4 Å². The number of nitrogens with zero attached hydrogens (tertiary/aromatic N) is 2. The first-order chi connectivity index (χ1) is 10.8. The number of rotatable bonds is 3. The van der Waals surface area contributed by atoms with Crippen LogP contribution in [0.3, 0.4) is 0 Å². The number of hydrogen-bond donors (Lipinski definition) is 1. The summed E-state index contributed by atoms with van der Waals surface area (Å²) in [5.74, 6) is 0.482. The lowest BCUT2D eigenvalue weighted by Crippen LogP contribution is -2.31. The molecule has 1 aliphatic rings. The van der Waals surface area contributed by atoms with Crippen LogP contribution in [0, 0.1) is 0 Å². The Hall–Kier alpha value is -2.56. The monoisotopic (exact) mass is 297 g/mol. The number of ether oxygens (including phenoxy) is 1. The molecule has 1 fully saturated rings. The fraction of sp³-hybridized carbons (Fsp3) is 0.294. The number of nitrogen functional groups attached to an aromatic ring is 1. The molecule has 114 valence electrons. The maximum Gasteiger partial charge on any atom is 0.410 e. The van der Waals surface area contributed by atoms with Gasteiger partial charge in [-0.05, 0) is 24.5 Å². The second kappa shape index (κ2) is 6.47. The number of nitrogens with two attached hydrogens (primary N) is 1. The minimum atomic E-state index is -0.297. The number of hydrogen-bond acceptors (Lipinski definition) is 4. The Kier molecular flexibility index (Phi) is 4.23. The lowest BCUT2D eigenvalue weighted by Gasteiger charge is -2.25. The molecule has 0 unspecified atom stereocenters. The molecule has 22 heavy (non-hydrogen) atoms. The molecule has 2 N–H and O–H groups in total. The van der Waals surface area contributed by atoms with E-state index in [0.29, 0.717) is 12.4 Å². The van der Waals surface area contributed by atoms with E-state index in [2.05, 4.69) is 4.98 Å². The van der Waals surface area contributed by atoms with E-state index in [-0.39, 0.29) is 18.7 Å². The maximum atomic E-state index is 12.4. The summed E-state index contributed by atoms with van der Waals surface area (Å²) in [6, 6.07) is 13.4. The first-order valence-electron chi connectivity index (χ1n) is 7.43. The minimum Gasteiger partial charge on any atom is -0.445 e. The van der Waals surface area contributed by atoms with Gasteiger partial charge in [-0.15, -0.1) is 0 Å². The zero-order valence-electron chi connectivity index (χ0n) is 12.3. The van der Waals surface area contributed by atoms with Crippen molar-refractivity contribution >= 4 is 11.9 Å². The predicted molar refractivity (Wildman–Crippen MR) is 84.0 cm³/mol. The fourth-order valence-electron chi connectivity index (χ4n) is 2.82. The third-order valence-electron chi connectivity index (χ3n) is 3.92. The third-order valence-corrected chi connectivity index (χ3v) is 3.92. The smallest absolute Gasteiger partial charge is 0.410 e. The lowest BCUT2D eigenvalue weighted by molar-refractivity contribution is 0.0921. The maximum absolute atomic E-state index is 12.4. The van der Waals surface area contributed by atoms with Gasteiger partial charge in [0.25, 0.3) is 0 Å². The van der Waals surface area contributed by atoms with Crippen LogP contribution in [-0.2, 0) is 11.3 Å². The Labute approximate surface area is 129 Å². The second-order valence-electron chi connectivity index (χ2n) is 5.37. The minimum absolute atomic E-state index is 0.0445. The van der Waals surface area contributed by atoms with Crippen molar-refractivity contribution in [3.8, 4) is 0 Å². The van der Waals surface area contributed by atoms with Gasteiger partial charge in [0, 0.05) is 18.3 Å². The Bertz CT molecular complexity index is 645. The number of aromatic nitrogens is 1. The number of benzene rings is 1. The highest BCUT2D eigenvalue weighted by Crippen LogP contribution is 2.34. The van der Waals surface area contributed by atoms with E-state index >= 15 is 0 Å². The number of amides is 1. The molecule has 1 atom stereocenters. The fourth-order valence-corrected chi connectivity index (χ4v) is 2.82. The number of carbonyl (C=O) groups is 1. The van der Waals surface area contributed by atoms with E-state index in [9.17, 15) is 4.79 Å². The summed E-state index contributed by atoms with van der Waals surface area (Å²) < 4.78 is 5.43. The van der Waals surface area contributed by atoms with Crippen LogP contribution in [0.4, 0.5) is 10.6 Å². The Morgan fingerprint density at radius 3 is 2.86 bits per heavy atom. The van der Waals surface area contributed by atoms with E-state index in [1.165, 1.54) is 0 Å². The van der Waals surface area contributed by atoms with E-state index in [0.717, 1.165) is 24.0 Å². The van der Waals surface area contributed by atoms with Crippen LogP contribution >= 0.6 is 0 Å². The largest absolute Gasteiger partial charge is 0.445 e. The molecule has 0 bridgehead atoms.